The molecule has 0 bridgehead atoms. The van der Waals surface area contributed by atoms with Crippen molar-refractivity contribution < 1.29 is 0 Å². The van der Waals surface area contributed by atoms with E-state index in [1.54, 1.807) is 0 Å². The molecule has 1 aliphatic carbocycles. The molecule has 0 saturated heterocycles. The minimum atomic E-state index is -0.848. The second kappa shape index (κ2) is 21.6. The van der Waals surface area contributed by atoms with Crippen LogP contribution in [0.15, 0.2) is 352 Å². The summed E-state index contributed by atoms with van der Waals surface area (Å²) in [4.78, 5) is 0. The number of hydrogen-bond acceptors (Lipinski definition) is 0. The second-order valence-electron chi connectivity index (χ2n) is 25.6. The minimum absolute atomic E-state index is 0.774. The molecule has 0 aromatic heterocycles. The van der Waals surface area contributed by atoms with Crippen LogP contribution in [0.25, 0.3) is 153 Å². The second-order valence-corrected chi connectivity index (χ2v) is 25.6. The maximum Gasteiger partial charge on any atom is 0.0707 e. The van der Waals surface area contributed by atoms with Crippen LogP contribution in [0.3, 0.4) is 0 Å². The summed E-state index contributed by atoms with van der Waals surface area (Å²) in [7, 11) is 0. The van der Waals surface area contributed by atoms with E-state index in [1.165, 1.54) is 186 Å². The molecule has 18 aromatic carbocycles. The molecule has 0 radical (unpaired) electrons. The maximum atomic E-state index is 2.61. The highest BCUT2D eigenvalue weighted by molar-refractivity contribution is 6.23. The molecule has 0 nitrogen and oxygen atoms in total. The van der Waals surface area contributed by atoms with E-state index in [0.29, 0.717) is 0 Å². The SMILES string of the molecule is c1ccc(-c2c3ccccc3c(-c3ccc4c(c3)C(c3ccc(-c5c6ccccc6cc6ccccc56)cc3)(c3ccc(-c5c6ccccc6cc6ccccc56)cc3)c3cc(-c5c6ccccc6c(-c6ccccc6)c6ccccc56)ccc3C4)c3ccccc23)cc1. The van der Waals surface area contributed by atoms with Crippen LogP contribution in [-0.2, 0) is 11.8 Å². The van der Waals surface area contributed by atoms with Crippen molar-refractivity contribution in [3.63, 3.8) is 0 Å². The number of hydrogen-bond donors (Lipinski definition) is 0. The average molecular weight is 1190 g/mol. The van der Waals surface area contributed by atoms with Gasteiger partial charge in [-0.25, -0.2) is 0 Å². The van der Waals surface area contributed by atoms with E-state index in [4.69, 9.17) is 0 Å². The Morgan fingerprint density at radius 1 is 0.170 bits per heavy atom. The lowest BCUT2D eigenvalue weighted by molar-refractivity contribution is 0.704. The van der Waals surface area contributed by atoms with Crippen LogP contribution in [-0.4, -0.2) is 0 Å². The van der Waals surface area contributed by atoms with Crippen LogP contribution in [0.5, 0.6) is 0 Å². The lowest BCUT2D eigenvalue weighted by Crippen LogP contribution is -2.36. The van der Waals surface area contributed by atoms with Crippen molar-refractivity contribution >= 4 is 86.2 Å². The van der Waals surface area contributed by atoms with E-state index in [1.807, 2.05) is 0 Å². The number of rotatable bonds is 8. The fourth-order valence-corrected chi connectivity index (χ4v) is 16.7. The van der Waals surface area contributed by atoms with Crippen LogP contribution in [0.1, 0.15) is 33.4 Å². The molecular formula is C94H60. The van der Waals surface area contributed by atoms with Gasteiger partial charge >= 0.3 is 0 Å². The Kier molecular flexibility index (Phi) is 12.4. The molecule has 0 heteroatoms. The molecule has 0 amide bonds. The summed E-state index contributed by atoms with van der Waals surface area (Å²) in [5.74, 6) is 0. The third-order valence-electron chi connectivity index (χ3n) is 20.7. The zero-order chi connectivity index (χ0) is 61.8. The first-order chi connectivity index (χ1) is 46.6. The van der Waals surface area contributed by atoms with Gasteiger partial charge in [0.2, 0.25) is 0 Å². The van der Waals surface area contributed by atoms with Crippen molar-refractivity contribution in [2.45, 2.75) is 11.8 Å². The lowest BCUT2D eigenvalue weighted by atomic mass is 9.59. The first-order valence-corrected chi connectivity index (χ1v) is 32.9. The predicted octanol–water partition coefficient (Wildman–Crippen LogP) is 25.2. The van der Waals surface area contributed by atoms with Gasteiger partial charge in [-0.1, -0.05) is 328 Å². The summed E-state index contributed by atoms with van der Waals surface area (Å²) in [6.07, 6.45) is 0.774. The van der Waals surface area contributed by atoms with Crippen molar-refractivity contribution in [1.29, 1.82) is 0 Å². The Labute approximate surface area is 546 Å². The molecule has 19 rings (SSSR count). The molecule has 0 fully saturated rings. The maximum absolute atomic E-state index is 2.61. The minimum Gasteiger partial charge on any atom is -0.0622 e. The van der Waals surface area contributed by atoms with E-state index in [9.17, 15) is 0 Å². The fourth-order valence-electron chi connectivity index (χ4n) is 16.7. The van der Waals surface area contributed by atoms with Crippen molar-refractivity contribution in [2.24, 2.45) is 0 Å². The summed E-state index contributed by atoms with van der Waals surface area (Å²) in [5.41, 5.74) is 21.5. The first-order valence-electron chi connectivity index (χ1n) is 32.9. The van der Waals surface area contributed by atoms with Crippen molar-refractivity contribution in [1.82, 2.24) is 0 Å². The third-order valence-corrected chi connectivity index (χ3v) is 20.7. The van der Waals surface area contributed by atoms with Crippen LogP contribution in [0.2, 0.25) is 0 Å². The standard InChI is InChI=1S/C94H60/c1-3-23-60(24-4-1)90-78-35-15-19-39-82(78)92(83-40-20-16-36-79(83)90)70-45-43-68-57-69-44-46-71(93-84-41-21-17-37-80(84)91(61-25-5-2-6-26-61)81-38-18-22-42-85(81)93)59-87(69)94(86(68)58-70,72-51-47-62(48-52-72)88-74-31-11-7-27-64(74)55-65-28-8-12-32-75(65)88)73-53-49-63(50-54-73)89-76-33-13-9-29-66(76)56-67-30-10-14-34-77(67)89/h1-56,58-59H,57H2. The Balaban J connectivity index is 0.931. The van der Waals surface area contributed by atoms with Gasteiger partial charge in [0.25, 0.3) is 0 Å². The monoisotopic (exact) mass is 1190 g/mol. The summed E-state index contributed by atoms with van der Waals surface area (Å²) < 4.78 is 0. The summed E-state index contributed by atoms with van der Waals surface area (Å²) in [6.45, 7) is 0. The summed E-state index contributed by atoms with van der Waals surface area (Å²) in [5, 5.41) is 19.9. The van der Waals surface area contributed by atoms with Gasteiger partial charge in [0.05, 0.1) is 5.41 Å². The molecule has 0 spiro atoms. The molecule has 94 heavy (non-hydrogen) atoms. The van der Waals surface area contributed by atoms with Crippen molar-refractivity contribution in [2.75, 3.05) is 0 Å². The Bertz CT molecular complexity index is 5490. The highest BCUT2D eigenvalue weighted by atomic mass is 14.5. The van der Waals surface area contributed by atoms with Gasteiger partial charge in [-0.15, -0.1) is 0 Å². The molecule has 1 aliphatic rings. The molecule has 0 heterocycles. The van der Waals surface area contributed by atoms with Crippen LogP contribution < -0.4 is 0 Å². The molecule has 0 unspecified atom stereocenters. The van der Waals surface area contributed by atoms with E-state index in [0.717, 1.165) is 6.42 Å². The number of benzene rings is 18. The molecule has 0 saturated carbocycles. The van der Waals surface area contributed by atoms with Crippen molar-refractivity contribution in [3.05, 3.63) is 385 Å². The topological polar surface area (TPSA) is 0 Å². The van der Waals surface area contributed by atoms with Gasteiger partial charge in [0.15, 0.2) is 0 Å². The van der Waals surface area contributed by atoms with Gasteiger partial charge < -0.3 is 0 Å². The Hall–Kier alpha value is -12.0. The van der Waals surface area contributed by atoms with Gasteiger partial charge in [-0.2, -0.15) is 0 Å². The van der Waals surface area contributed by atoms with Gasteiger partial charge in [-0.3, -0.25) is 0 Å². The van der Waals surface area contributed by atoms with Gasteiger partial charge in [0, 0.05) is 0 Å². The van der Waals surface area contributed by atoms with Crippen molar-refractivity contribution in [3.8, 4) is 66.8 Å². The quantitative estimate of drug-likeness (QED) is 0.133. The molecule has 0 aliphatic heterocycles. The zero-order valence-electron chi connectivity index (χ0n) is 51.7. The first kappa shape index (κ1) is 53.8. The van der Waals surface area contributed by atoms with E-state index >= 15 is 0 Å². The van der Waals surface area contributed by atoms with E-state index < -0.39 is 5.41 Å². The smallest absolute Gasteiger partial charge is 0.0622 e. The molecular weight excluding hydrogens is 1130 g/mol. The molecule has 0 atom stereocenters. The highest BCUT2D eigenvalue weighted by Crippen LogP contribution is 2.56. The third kappa shape index (κ3) is 8.26. The predicted molar refractivity (Wildman–Crippen MR) is 400 cm³/mol. The molecule has 0 N–H and O–H groups in total. The summed E-state index contributed by atoms with van der Waals surface area (Å²) in [6, 6.07) is 133. The fraction of sp³-hybridized carbons (Fsp3) is 0.0213. The lowest BCUT2D eigenvalue weighted by Gasteiger charge is -2.43. The van der Waals surface area contributed by atoms with Gasteiger partial charge in [-0.05, 0) is 217 Å². The number of fused-ring (bicyclic) bond motifs is 10. The average Bonchev–Trinajstić information content (AvgIpc) is 0.699. The Morgan fingerprint density at radius 3 is 0.691 bits per heavy atom. The van der Waals surface area contributed by atoms with Crippen LogP contribution in [0.4, 0.5) is 0 Å². The molecule has 436 valence electrons. The Morgan fingerprint density at radius 2 is 0.394 bits per heavy atom. The summed E-state index contributed by atoms with van der Waals surface area (Å²) >= 11 is 0. The largest absolute Gasteiger partial charge is 0.0707 e. The van der Waals surface area contributed by atoms with E-state index in [2.05, 4.69) is 352 Å². The highest BCUT2D eigenvalue weighted by Gasteiger charge is 2.45. The van der Waals surface area contributed by atoms with E-state index in [-0.39, 0.29) is 0 Å². The van der Waals surface area contributed by atoms with Gasteiger partial charge in [0.1, 0.15) is 0 Å². The van der Waals surface area contributed by atoms with Crippen LogP contribution >= 0.6 is 0 Å². The molecule has 18 aromatic rings. The normalized spacial score (nSPS) is 12.7. The zero-order valence-corrected chi connectivity index (χ0v) is 51.7. The van der Waals surface area contributed by atoms with Crippen LogP contribution in [0, 0.1) is 0 Å².